The number of fused-ring (bicyclic) bond motifs is 1. The zero-order valence-corrected chi connectivity index (χ0v) is 24.8. The van der Waals surface area contributed by atoms with Crippen LogP contribution in [-0.4, -0.2) is 84.2 Å². The van der Waals surface area contributed by atoms with Crippen LogP contribution in [0.4, 0.5) is 22.0 Å². The molecular weight excluding hydrogens is 558 g/mol. The number of nitrogen functional groups attached to an aromatic ring is 1. The predicted molar refractivity (Wildman–Crippen MR) is 170 cm³/mol. The molecule has 2 fully saturated rings. The number of rotatable bonds is 8. The topological polar surface area (TPSA) is 126 Å². The summed E-state index contributed by atoms with van der Waals surface area (Å²) in [5, 5.41) is 4.91. The number of likely N-dealkylation sites (tertiary alicyclic amines) is 1. The van der Waals surface area contributed by atoms with Crippen LogP contribution in [0.25, 0.3) is 10.8 Å². The number of nitrogens with one attached hydrogen (secondary N) is 1. The monoisotopic (exact) mass is 595 g/mol. The molecule has 11 heteroatoms. The SMILES string of the molecule is CN1CCC[C@H]1COc1nc(C(=O)Nc2cccc3ccccc23)c(N)c(N2CCN(C(=O)OCc3ccccc3)CC2)n1. The Balaban J connectivity index is 1.20. The maximum Gasteiger partial charge on any atom is 0.410 e. The maximum absolute atomic E-state index is 13.7. The number of nitrogens with zero attached hydrogens (tertiary/aromatic N) is 5. The van der Waals surface area contributed by atoms with Gasteiger partial charge in [-0.15, -0.1) is 0 Å². The van der Waals surface area contributed by atoms with Crippen LogP contribution in [0.15, 0.2) is 72.8 Å². The Bertz CT molecular complexity index is 1620. The summed E-state index contributed by atoms with van der Waals surface area (Å²) in [6.45, 7) is 3.37. The number of likely N-dealkylation sites (N-methyl/N-ethyl adjacent to an activating group) is 1. The van der Waals surface area contributed by atoms with E-state index in [4.69, 9.17) is 15.2 Å². The standard InChI is InChI=1S/C33H37N7O4/c1-38-16-8-13-25(38)22-43-32-36-29(31(41)35-27-15-7-12-24-11-5-6-14-26(24)27)28(34)30(37-32)39-17-19-40(20-18-39)33(42)44-21-23-9-3-2-4-10-23/h2-7,9-12,14-15,25H,8,13,16-22,34H2,1H3,(H,35,41)/t25-/m0/s1. The fourth-order valence-electron chi connectivity index (χ4n) is 5.70. The van der Waals surface area contributed by atoms with Gasteiger partial charge in [-0.05, 0) is 43.5 Å². The number of ether oxygens (including phenoxy) is 2. The van der Waals surface area contributed by atoms with Crippen molar-refractivity contribution in [3.8, 4) is 6.01 Å². The molecule has 44 heavy (non-hydrogen) atoms. The minimum Gasteiger partial charge on any atom is -0.462 e. The molecule has 2 aliphatic heterocycles. The van der Waals surface area contributed by atoms with Gasteiger partial charge in [-0.25, -0.2) is 4.79 Å². The van der Waals surface area contributed by atoms with Gasteiger partial charge in [0.15, 0.2) is 11.5 Å². The highest BCUT2D eigenvalue weighted by Crippen LogP contribution is 2.30. The number of hydrogen-bond donors (Lipinski definition) is 2. The van der Waals surface area contributed by atoms with E-state index in [0.29, 0.717) is 44.3 Å². The van der Waals surface area contributed by atoms with Crippen LogP contribution in [0.1, 0.15) is 28.9 Å². The van der Waals surface area contributed by atoms with E-state index in [1.165, 1.54) is 0 Å². The molecule has 3 aromatic carbocycles. The van der Waals surface area contributed by atoms with Gasteiger partial charge in [0.05, 0.1) is 0 Å². The molecule has 0 saturated carbocycles. The van der Waals surface area contributed by atoms with E-state index >= 15 is 0 Å². The predicted octanol–water partition coefficient (Wildman–Crippen LogP) is 4.40. The van der Waals surface area contributed by atoms with E-state index in [1.807, 2.05) is 77.7 Å². The zero-order valence-electron chi connectivity index (χ0n) is 24.8. The Morgan fingerprint density at radius 2 is 1.68 bits per heavy atom. The van der Waals surface area contributed by atoms with Gasteiger partial charge in [0.2, 0.25) is 0 Å². The lowest BCUT2D eigenvalue weighted by Crippen LogP contribution is -2.49. The summed E-state index contributed by atoms with van der Waals surface area (Å²) in [7, 11) is 2.07. The molecule has 6 rings (SSSR count). The van der Waals surface area contributed by atoms with E-state index in [9.17, 15) is 9.59 Å². The van der Waals surface area contributed by atoms with E-state index in [2.05, 4.69) is 27.2 Å². The molecule has 2 amide bonds. The fraction of sp³-hybridized carbons (Fsp3) is 0.333. The van der Waals surface area contributed by atoms with Crippen molar-refractivity contribution in [1.29, 1.82) is 0 Å². The van der Waals surface area contributed by atoms with Gasteiger partial charge in [0, 0.05) is 43.3 Å². The molecule has 4 aromatic rings. The van der Waals surface area contributed by atoms with Crippen molar-refractivity contribution in [2.24, 2.45) is 0 Å². The third kappa shape index (κ3) is 6.52. The first-order valence-corrected chi connectivity index (χ1v) is 15.0. The fourth-order valence-corrected chi connectivity index (χ4v) is 5.70. The van der Waals surface area contributed by atoms with Crippen molar-refractivity contribution < 1.29 is 19.1 Å². The Kier molecular flexibility index (Phi) is 8.74. The van der Waals surface area contributed by atoms with Crippen LogP contribution >= 0.6 is 0 Å². The Morgan fingerprint density at radius 3 is 2.45 bits per heavy atom. The van der Waals surface area contributed by atoms with Crippen molar-refractivity contribution in [3.63, 3.8) is 0 Å². The molecule has 0 spiro atoms. The van der Waals surface area contributed by atoms with Crippen molar-refractivity contribution in [1.82, 2.24) is 19.8 Å². The smallest absolute Gasteiger partial charge is 0.410 e. The largest absolute Gasteiger partial charge is 0.462 e. The highest BCUT2D eigenvalue weighted by molar-refractivity contribution is 6.11. The van der Waals surface area contributed by atoms with E-state index in [0.717, 1.165) is 35.7 Å². The van der Waals surface area contributed by atoms with Crippen molar-refractivity contribution in [3.05, 3.63) is 84.1 Å². The van der Waals surface area contributed by atoms with Crippen LogP contribution in [0.3, 0.4) is 0 Å². The lowest BCUT2D eigenvalue weighted by molar-refractivity contribution is 0.0941. The molecular formula is C33H37N7O4. The molecule has 0 aliphatic carbocycles. The number of hydrogen-bond acceptors (Lipinski definition) is 9. The number of anilines is 3. The normalized spacial score (nSPS) is 17.1. The van der Waals surface area contributed by atoms with Crippen molar-refractivity contribution in [2.75, 3.05) is 62.3 Å². The average molecular weight is 596 g/mol. The summed E-state index contributed by atoms with van der Waals surface area (Å²) in [5.41, 5.74) is 8.39. The third-order valence-corrected chi connectivity index (χ3v) is 8.28. The molecule has 11 nitrogen and oxygen atoms in total. The summed E-state index contributed by atoms with van der Waals surface area (Å²) in [6, 6.07) is 23.5. The second-order valence-electron chi connectivity index (χ2n) is 11.2. The lowest BCUT2D eigenvalue weighted by Gasteiger charge is -2.35. The third-order valence-electron chi connectivity index (χ3n) is 8.28. The Labute approximate surface area is 256 Å². The number of piperazine rings is 1. The van der Waals surface area contributed by atoms with E-state index < -0.39 is 5.91 Å². The van der Waals surface area contributed by atoms with Crippen LogP contribution in [0.5, 0.6) is 6.01 Å². The van der Waals surface area contributed by atoms with E-state index in [1.54, 1.807) is 4.90 Å². The summed E-state index contributed by atoms with van der Waals surface area (Å²) in [5.74, 6) is -0.0383. The van der Waals surface area contributed by atoms with Crippen LogP contribution in [0, 0.1) is 0 Å². The molecule has 3 N–H and O–H groups in total. The summed E-state index contributed by atoms with van der Waals surface area (Å²) in [6.07, 6.45) is 1.76. The minimum absolute atomic E-state index is 0.0439. The quantitative estimate of drug-likeness (QED) is 0.305. The first-order valence-electron chi connectivity index (χ1n) is 15.0. The van der Waals surface area contributed by atoms with Gasteiger partial charge in [-0.3, -0.25) is 4.79 Å². The average Bonchev–Trinajstić information content (AvgIpc) is 3.48. The molecule has 1 aromatic heterocycles. The van der Waals surface area contributed by atoms with Crippen LogP contribution < -0.4 is 20.7 Å². The second-order valence-corrected chi connectivity index (χ2v) is 11.2. The highest BCUT2D eigenvalue weighted by Gasteiger charge is 2.29. The molecule has 0 unspecified atom stereocenters. The summed E-state index contributed by atoms with van der Waals surface area (Å²) < 4.78 is 11.6. The van der Waals surface area contributed by atoms with Gasteiger partial charge in [0.1, 0.15) is 18.9 Å². The molecule has 0 radical (unpaired) electrons. The van der Waals surface area contributed by atoms with Gasteiger partial charge < -0.3 is 35.2 Å². The Hall–Kier alpha value is -4.90. The first kappa shape index (κ1) is 29.2. The van der Waals surface area contributed by atoms with Gasteiger partial charge in [-0.1, -0.05) is 66.7 Å². The van der Waals surface area contributed by atoms with E-state index in [-0.39, 0.29) is 36.1 Å². The molecule has 2 aliphatic rings. The highest BCUT2D eigenvalue weighted by atomic mass is 16.6. The molecule has 3 heterocycles. The van der Waals surface area contributed by atoms with Gasteiger partial charge >= 0.3 is 12.1 Å². The van der Waals surface area contributed by atoms with Crippen LogP contribution in [0.2, 0.25) is 0 Å². The molecule has 1 atom stereocenters. The van der Waals surface area contributed by atoms with Crippen molar-refractivity contribution >= 4 is 40.0 Å². The number of aromatic nitrogens is 2. The molecule has 0 bridgehead atoms. The Morgan fingerprint density at radius 1 is 0.932 bits per heavy atom. The lowest BCUT2D eigenvalue weighted by atomic mass is 10.1. The number of nitrogens with two attached hydrogens (primary N) is 1. The maximum atomic E-state index is 13.7. The number of carbonyl (C=O) groups is 2. The minimum atomic E-state index is -0.450. The second kappa shape index (κ2) is 13.2. The first-order chi connectivity index (χ1) is 21.5. The van der Waals surface area contributed by atoms with Crippen molar-refractivity contribution in [2.45, 2.75) is 25.5 Å². The summed E-state index contributed by atoms with van der Waals surface area (Å²) in [4.78, 5) is 41.4. The number of carbonyl (C=O) groups excluding carboxylic acids is 2. The van der Waals surface area contributed by atoms with Gasteiger partial charge in [0.25, 0.3) is 5.91 Å². The number of benzene rings is 3. The summed E-state index contributed by atoms with van der Waals surface area (Å²) >= 11 is 0. The van der Waals surface area contributed by atoms with Crippen LogP contribution in [-0.2, 0) is 11.3 Å². The molecule has 2 saturated heterocycles. The molecule has 228 valence electrons. The van der Waals surface area contributed by atoms with Gasteiger partial charge in [-0.2, -0.15) is 9.97 Å². The zero-order chi connectivity index (χ0) is 30.5. The number of amides is 2.